The Bertz CT molecular complexity index is 2360. The molecule has 3 aliphatic heterocycles. The quantitative estimate of drug-likeness (QED) is 0.185. The number of hydrogen-bond donors (Lipinski definition) is 0. The summed E-state index contributed by atoms with van der Waals surface area (Å²) in [6, 6.07) is 41.2. The first-order valence-electron chi connectivity index (χ1n) is 16.1. The molecule has 0 amide bonds. The van der Waals surface area contributed by atoms with Gasteiger partial charge >= 0.3 is 11.4 Å². The number of fused-ring (bicyclic) bond motifs is 9. The lowest BCUT2D eigenvalue weighted by Crippen LogP contribution is -2.57. The van der Waals surface area contributed by atoms with E-state index in [4.69, 9.17) is 0 Å². The van der Waals surface area contributed by atoms with Crippen molar-refractivity contribution in [2.45, 2.75) is 54.9 Å². The fourth-order valence-corrected chi connectivity index (χ4v) is 9.81. The van der Waals surface area contributed by atoms with Crippen LogP contribution in [0.2, 0.25) is 0 Å². The van der Waals surface area contributed by atoms with Gasteiger partial charge in [0.05, 0.1) is 26.5 Å². The Balaban J connectivity index is 1.53. The monoisotopic (exact) mass is 599 g/mol. The van der Waals surface area contributed by atoms with Crippen LogP contribution >= 0.6 is 11.8 Å². The molecule has 0 fully saturated rings. The van der Waals surface area contributed by atoms with Crippen LogP contribution in [-0.4, -0.2) is 4.57 Å². The molecular formula is C41H33N3S+2. The van der Waals surface area contributed by atoms with E-state index < -0.39 is 5.54 Å². The summed E-state index contributed by atoms with van der Waals surface area (Å²) >= 11 is 1.93. The Morgan fingerprint density at radius 2 is 1.44 bits per heavy atom. The maximum absolute atomic E-state index is 2.68. The molecule has 0 saturated carbocycles. The molecule has 1 unspecified atom stereocenters. The van der Waals surface area contributed by atoms with Crippen molar-refractivity contribution in [3.05, 3.63) is 143 Å². The minimum Gasteiger partial charge on any atom is -0.184 e. The molecule has 4 heteroatoms. The first-order chi connectivity index (χ1) is 22.0. The van der Waals surface area contributed by atoms with Crippen molar-refractivity contribution in [3.8, 4) is 22.6 Å². The summed E-state index contributed by atoms with van der Waals surface area (Å²) < 4.78 is 7.93. The van der Waals surface area contributed by atoms with E-state index in [1.165, 1.54) is 82.3 Å². The summed E-state index contributed by atoms with van der Waals surface area (Å²) in [6.07, 6.45) is 2.32. The van der Waals surface area contributed by atoms with Gasteiger partial charge in [-0.2, -0.15) is 13.7 Å². The lowest BCUT2D eigenvalue weighted by molar-refractivity contribution is -0.733. The molecule has 2 aromatic heterocycles. The van der Waals surface area contributed by atoms with E-state index >= 15 is 0 Å². The van der Waals surface area contributed by atoms with Crippen LogP contribution < -0.4 is 9.13 Å². The zero-order valence-corrected chi connectivity index (χ0v) is 26.7. The van der Waals surface area contributed by atoms with Crippen molar-refractivity contribution in [3.63, 3.8) is 0 Å². The highest BCUT2D eigenvalue weighted by Gasteiger charge is 2.69. The summed E-state index contributed by atoms with van der Waals surface area (Å²) in [4.78, 5) is 2.64. The number of hydrogen-bond acceptors (Lipinski definition) is 1. The topological polar surface area (TPSA) is 12.7 Å². The summed E-state index contributed by atoms with van der Waals surface area (Å²) in [5.41, 5.74) is 12.8. The first kappa shape index (κ1) is 25.6. The van der Waals surface area contributed by atoms with Crippen molar-refractivity contribution < 1.29 is 9.13 Å². The molecule has 3 nitrogen and oxygen atoms in total. The van der Waals surface area contributed by atoms with Crippen LogP contribution in [0.15, 0.2) is 125 Å². The Morgan fingerprint density at radius 3 is 2.27 bits per heavy atom. The van der Waals surface area contributed by atoms with Gasteiger partial charge in [0.15, 0.2) is 22.9 Å². The number of para-hydroxylation sites is 2. The zero-order chi connectivity index (χ0) is 30.2. The smallest absolute Gasteiger partial charge is 0.184 e. The highest BCUT2D eigenvalue weighted by atomic mass is 32.2. The van der Waals surface area contributed by atoms with Gasteiger partial charge in [-0.1, -0.05) is 106 Å². The lowest BCUT2D eigenvalue weighted by atomic mass is 9.80. The number of benzene rings is 5. The van der Waals surface area contributed by atoms with Crippen LogP contribution in [0.5, 0.6) is 0 Å². The molecule has 3 aliphatic rings. The Hall–Kier alpha value is -4.67. The van der Waals surface area contributed by atoms with Crippen LogP contribution in [0.25, 0.3) is 44.4 Å². The van der Waals surface area contributed by atoms with Crippen molar-refractivity contribution in [2.75, 3.05) is 0 Å². The average molecular weight is 600 g/mol. The Morgan fingerprint density at radius 1 is 0.711 bits per heavy atom. The number of aromatic nitrogens is 3. The van der Waals surface area contributed by atoms with Crippen molar-refractivity contribution in [1.29, 1.82) is 0 Å². The molecule has 1 atom stereocenters. The molecule has 0 radical (unpaired) electrons. The van der Waals surface area contributed by atoms with E-state index in [-0.39, 0.29) is 0 Å². The van der Waals surface area contributed by atoms with Gasteiger partial charge < -0.3 is 0 Å². The molecule has 10 rings (SSSR count). The highest BCUT2D eigenvalue weighted by molar-refractivity contribution is 7.99. The van der Waals surface area contributed by atoms with Crippen LogP contribution in [0.3, 0.4) is 0 Å². The number of pyridine rings is 1. The molecule has 0 N–H and O–H groups in total. The predicted octanol–water partition coefficient (Wildman–Crippen LogP) is 9.19. The minimum absolute atomic E-state index is 0.367. The molecule has 0 aliphatic carbocycles. The van der Waals surface area contributed by atoms with Crippen molar-refractivity contribution in [1.82, 2.24) is 4.57 Å². The van der Waals surface area contributed by atoms with Gasteiger partial charge in [-0.15, -0.1) is 0 Å². The van der Waals surface area contributed by atoms with E-state index in [0.717, 1.165) is 0 Å². The van der Waals surface area contributed by atoms with Gasteiger partial charge in [-0.25, -0.2) is 0 Å². The second-order valence-electron chi connectivity index (χ2n) is 13.3. The molecule has 5 aromatic carbocycles. The lowest BCUT2D eigenvalue weighted by Gasteiger charge is -2.24. The molecule has 216 valence electrons. The summed E-state index contributed by atoms with van der Waals surface area (Å²) in [7, 11) is 0. The van der Waals surface area contributed by atoms with Gasteiger partial charge in [0.1, 0.15) is 5.69 Å². The highest BCUT2D eigenvalue weighted by Crippen LogP contribution is 2.57. The maximum atomic E-state index is 2.68. The van der Waals surface area contributed by atoms with Gasteiger partial charge in [-0.05, 0) is 52.9 Å². The van der Waals surface area contributed by atoms with E-state index in [0.29, 0.717) is 11.8 Å². The Labute approximate surface area is 267 Å². The third-order valence-corrected chi connectivity index (χ3v) is 11.4. The van der Waals surface area contributed by atoms with Crippen LogP contribution in [0, 0.1) is 0 Å². The van der Waals surface area contributed by atoms with E-state index in [9.17, 15) is 0 Å². The predicted molar refractivity (Wildman–Crippen MR) is 182 cm³/mol. The third kappa shape index (κ3) is 2.95. The molecule has 1 spiro atoms. The fourth-order valence-electron chi connectivity index (χ4n) is 8.65. The second kappa shape index (κ2) is 8.74. The molecular weight excluding hydrogens is 567 g/mol. The summed E-state index contributed by atoms with van der Waals surface area (Å²) in [6.45, 7) is 9.36. The van der Waals surface area contributed by atoms with E-state index in [2.05, 4.69) is 157 Å². The average Bonchev–Trinajstić information content (AvgIpc) is 3.67. The van der Waals surface area contributed by atoms with Gasteiger partial charge in [0.25, 0.3) is 0 Å². The first-order valence-corrected chi connectivity index (χ1v) is 16.9. The zero-order valence-electron chi connectivity index (χ0n) is 25.9. The molecule has 7 aromatic rings. The fraction of sp³-hybridized carbons (Fsp3) is 0.171. The van der Waals surface area contributed by atoms with Crippen LogP contribution in [-0.2, 0) is 5.54 Å². The summed E-state index contributed by atoms with van der Waals surface area (Å²) in [5, 5.41) is 2.61. The maximum Gasteiger partial charge on any atom is 0.352 e. The number of nitrogens with zero attached hydrogens (tertiary/aromatic N) is 3. The summed E-state index contributed by atoms with van der Waals surface area (Å²) in [5.74, 6) is 2.04. The SMILES string of the molecule is CC(C)c1cccc(C(C)C)c1-n1c2[n+]3c4c(cccc41)Sc1cc4ccccc4c(c1-3)C21c2ccccc2-c2cccc[n+]21. The van der Waals surface area contributed by atoms with E-state index in [1.807, 2.05) is 11.8 Å². The molecule has 0 bridgehead atoms. The van der Waals surface area contributed by atoms with Gasteiger partial charge in [0, 0.05) is 23.3 Å². The molecule has 0 saturated heterocycles. The van der Waals surface area contributed by atoms with E-state index in [1.54, 1.807) is 0 Å². The third-order valence-electron chi connectivity index (χ3n) is 10.4. The van der Waals surface area contributed by atoms with Crippen LogP contribution in [0.1, 0.15) is 67.6 Å². The molecule has 5 heterocycles. The van der Waals surface area contributed by atoms with Crippen molar-refractivity contribution >= 4 is 33.6 Å². The number of imidazole rings is 1. The standard InChI is InChI=1S/C41H33N3S/c1-24(2)27-16-11-17-28(25(3)4)37(27)43-33-20-12-21-34-38(33)44-39-35(45-34)23-26-13-5-6-14-29(26)36(39)41(40(43)44)31-18-8-7-15-30(31)32-19-9-10-22-42(32)41/h5-25H,1-4H3/q+2. The Kier molecular flexibility index (Phi) is 4.98. The molecule has 45 heavy (non-hydrogen) atoms. The number of rotatable bonds is 3. The van der Waals surface area contributed by atoms with Crippen LogP contribution in [0.4, 0.5) is 0 Å². The minimum atomic E-state index is -0.572. The largest absolute Gasteiger partial charge is 0.352 e. The van der Waals surface area contributed by atoms with Crippen molar-refractivity contribution in [2.24, 2.45) is 0 Å². The second-order valence-corrected chi connectivity index (χ2v) is 14.4. The normalized spacial score (nSPS) is 16.8. The van der Waals surface area contributed by atoms with Gasteiger partial charge in [-0.3, -0.25) is 0 Å². The van der Waals surface area contributed by atoms with Gasteiger partial charge in [0.2, 0.25) is 5.69 Å².